The third kappa shape index (κ3) is 3.20. The summed E-state index contributed by atoms with van der Waals surface area (Å²) in [5.41, 5.74) is 0.0791. The van der Waals surface area contributed by atoms with Gasteiger partial charge < -0.3 is 10.0 Å². The van der Waals surface area contributed by atoms with Gasteiger partial charge in [-0.25, -0.2) is 19.3 Å². The average molecular weight is 377 g/mol. The summed E-state index contributed by atoms with van der Waals surface area (Å²) < 4.78 is 14.4. The SMILES string of the molecule is CSc1nc(N2CCCC(CO)C2)c2c(Cl)nc(Cl)c(F)c2n1. The predicted octanol–water partition coefficient (Wildman–Crippen LogP) is 3.40. The lowest BCUT2D eigenvalue weighted by atomic mass is 9.99. The Kier molecular flexibility index (Phi) is 5.10. The number of halogens is 3. The smallest absolute Gasteiger partial charge is 0.189 e. The van der Waals surface area contributed by atoms with Crippen molar-refractivity contribution in [3.63, 3.8) is 0 Å². The Morgan fingerprint density at radius 1 is 1.30 bits per heavy atom. The summed E-state index contributed by atoms with van der Waals surface area (Å²) in [5.74, 6) is 0.0154. The van der Waals surface area contributed by atoms with Gasteiger partial charge in [0, 0.05) is 19.7 Å². The molecule has 3 rings (SSSR count). The first-order valence-corrected chi connectivity index (χ1v) is 9.15. The van der Waals surface area contributed by atoms with Crippen molar-refractivity contribution >= 4 is 51.7 Å². The number of aliphatic hydroxyl groups is 1. The van der Waals surface area contributed by atoms with Crippen LogP contribution in [0.4, 0.5) is 10.2 Å². The maximum atomic E-state index is 14.4. The minimum Gasteiger partial charge on any atom is -0.396 e. The number of piperidine rings is 1. The lowest BCUT2D eigenvalue weighted by molar-refractivity contribution is 0.208. The van der Waals surface area contributed by atoms with Crippen molar-refractivity contribution in [3.05, 3.63) is 16.1 Å². The van der Waals surface area contributed by atoms with E-state index < -0.39 is 5.82 Å². The van der Waals surface area contributed by atoms with Crippen LogP contribution in [0, 0.1) is 11.7 Å². The molecule has 1 unspecified atom stereocenters. The fourth-order valence-electron chi connectivity index (χ4n) is 2.79. The van der Waals surface area contributed by atoms with Crippen LogP contribution in [-0.2, 0) is 0 Å². The standard InChI is InChI=1S/C14H15Cl2FN4OS/c1-23-14-18-10-8(11(15)19-12(16)9(10)17)13(20-14)21-4-2-3-7(5-21)6-22/h7,22H,2-6H2,1H3. The van der Waals surface area contributed by atoms with Crippen LogP contribution in [0.1, 0.15) is 12.8 Å². The molecule has 0 radical (unpaired) electrons. The van der Waals surface area contributed by atoms with E-state index in [4.69, 9.17) is 23.2 Å². The third-order valence-electron chi connectivity index (χ3n) is 3.92. The number of pyridine rings is 1. The van der Waals surface area contributed by atoms with Gasteiger partial charge in [-0.15, -0.1) is 0 Å². The van der Waals surface area contributed by atoms with Gasteiger partial charge in [-0.3, -0.25) is 0 Å². The third-order valence-corrected chi connectivity index (χ3v) is 4.99. The largest absolute Gasteiger partial charge is 0.396 e. The van der Waals surface area contributed by atoms with E-state index in [0.717, 1.165) is 19.4 Å². The van der Waals surface area contributed by atoms with E-state index in [-0.39, 0.29) is 28.3 Å². The van der Waals surface area contributed by atoms with Crippen molar-refractivity contribution in [3.8, 4) is 0 Å². The highest BCUT2D eigenvalue weighted by Gasteiger charge is 2.26. The maximum absolute atomic E-state index is 14.4. The van der Waals surface area contributed by atoms with Gasteiger partial charge >= 0.3 is 0 Å². The fourth-order valence-corrected chi connectivity index (χ4v) is 3.63. The zero-order chi connectivity index (χ0) is 16.6. The second-order valence-corrected chi connectivity index (χ2v) is 6.89. The highest BCUT2D eigenvalue weighted by molar-refractivity contribution is 7.98. The molecule has 1 N–H and O–H groups in total. The van der Waals surface area contributed by atoms with Crippen LogP contribution in [0.25, 0.3) is 10.9 Å². The number of hydrogen-bond acceptors (Lipinski definition) is 6. The average Bonchev–Trinajstić information content (AvgIpc) is 2.58. The number of aromatic nitrogens is 3. The molecule has 2 aromatic heterocycles. The Hall–Kier alpha value is -0.890. The molecule has 1 aliphatic rings. The first kappa shape index (κ1) is 17.0. The van der Waals surface area contributed by atoms with E-state index >= 15 is 0 Å². The molecule has 9 heteroatoms. The lowest BCUT2D eigenvalue weighted by Gasteiger charge is -2.33. The highest BCUT2D eigenvalue weighted by Crippen LogP contribution is 2.36. The maximum Gasteiger partial charge on any atom is 0.189 e. The number of nitrogens with zero attached hydrogens (tertiary/aromatic N) is 4. The molecule has 1 saturated heterocycles. The number of hydrogen-bond donors (Lipinski definition) is 1. The van der Waals surface area contributed by atoms with Gasteiger partial charge in [0.15, 0.2) is 16.1 Å². The Morgan fingerprint density at radius 2 is 2.09 bits per heavy atom. The number of aliphatic hydroxyl groups excluding tert-OH is 1. The summed E-state index contributed by atoms with van der Waals surface area (Å²) in [4.78, 5) is 14.6. The molecule has 1 fully saturated rings. The molecule has 0 aliphatic carbocycles. The van der Waals surface area contributed by atoms with Crippen LogP contribution in [0.15, 0.2) is 5.16 Å². The normalized spacial score (nSPS) is 18.7. The van der Waals surface area contributed by atoms with Crippen molar-refractivity contribution in [2.24, 2.45) is 5.92 Å². The van der Waals surface area contributed by atoms with Gasteiger partial charge in [-0.2, -0.15) is 0 Å². The number of anilines is 1. The zero-order valence-electron chi connectivity index (χ0n) is 12.4. The van der Waals surface area contributed by atoms with Crippen molar-refractivity contribution in [1.82, 2.24) is 15.0 Å². The Labute approximate surface area is 147 Å². The van der Waals surface area contributed by atoms with Crippen LogP contribution in [0.5, 0.6) is 0 Å². The van der Waals surface area contributed by atoms with Crippen molar-refractivity contribution in [2.75, 3.05) is 30.9 Å². The zero-order valence-corrected chi connectivity index (χ0v) is 14.7. The summed E-state index contributed by atoms with van der Waals surface area (Å²) in [7, 11) is 0. The van der Waals surface area contributed by atoms with Crippen LogP contribution in [0.2, 0.25) is 10.3 Å². The molecule has 0 saturated carbocycles. The molecule has 0 spiro atoms. The minimum atomic E-state index is -0.694. The Bertz CT molecular complexity index is 749. The van der Waals surface area contributed by atoms with E-state index in [1.54, 1.807) is 0 Å². The summed E-state index contributed by atoms with van der Waals surface area (Å²) in [6, 6.07) is 0. The van der Waals surface area contributed by atoms with Crippen LogP contribution >= 0.6 is 35.0 Å². The van der Waals surface area contributed by atoms with E-state index in [2.05, 4.69) is 15.0 Å². The molecule has 0 aromatic carbocycles. The highest BCUT2D eigenvalue weighted by atomic mass is 35.5. The van der Waals surface area contributed by atoms with Crippen molar-refractivity contribution < 1.29 is 9.50 Å². The first-order chi connectivity index (χ1) is 11.0. The molecule has 124 valence electrons. The molecule has 5 nitrogen and oxygen atoms in total. The number of fused-ring (bicyclic) bond motifs is 1. The summed E-state index contributed by atoms with van der Waals surface area (Å²) in [5, 5.41) is 10.0. The first-order valence-electron chi connectivity index (χ1n) is 7.17. The molecule has 1 atom stereocenters. The topological polar surface area (TPSA) is 62.1 Å². The van der Waals surface area contributed by atoms with Crippen LogP contribution in [0.3, 0.4) is 0 Å². The van der Waals surface area contributed by atoms with Gasteiger partial charge in [-0.1, -0.05) is 35.0 Å². The monoisotopic (exact) mass is 376 g/mol. The quantitative estimate of drug-likeness (QED) is 0.503. The number of thioether (sulfide) groups is 1. The number of rotatable bonds is 3. The van der Waals surface area contributed by atoms with Gasteiger partial charge in [0.1, 0.15) is 16.5 Å². The summed E-state index contributed by atoms with van der Waals surface area (Å²) >= 11 is 13.3. The van der Waals surface area contributed by atoms with E-state index in [0.29, 0.717) is 22.9 Å². The molecule has 0 bridgehead atoms. The summed E-state index contributed by atoms with van der Waals surface area (Å²) in [6.45, 7) is 1.51. The van der Waals surface area contributed by atoms with Crippen LogP contribution < -0.4 is 4.90 Å². The molecule has 3 heterocycles. The molecule has 2 aromatic rings. The van der Waals surface area contributed by atoms with Gasteiger partial charge in [0.25, 0.3) is 0 Å². The lowest BCUT2D eigenvalue weighted by Crippen LogP contribution is -2.37. The van der Waals surface area contributed by atoms with E-state index in [9.17, 15) is 9.50 Å². The Balaban J connectivity index is 2.20. The molecule has 0 amide bonds. The van der Waals surface area contributed by atoms with Gasteiger partial charge in [-0.05, 0) is 25.0 Å². The van der Waals surface area contributed by atoms with Crippen LogP contribution in [-0.4, -0.2) is 46.0 Å². The van der Waals surface area contributed by atoms with E-state index in [1.807, 2.05) is 11.2 Å². The van der Waals surface area contributed by atoms with Crippen molar-refractivity contribution in [1.29, 1.82) is 0 Å². The van der Waals surface area contributed by atoms with Gasteiger partial charge in [0.2, 0.25) is 0 Å². The second kappa shape index (κ2) is 6.93. The molecule has 1 aliphatic heterocycles. The molecular weight excluding hydrogens is 362 g/mol. The van der Waals surface area contributed by atoms with Crippen molar-refractivity contribution in [2.45, 2.75) is 18.0 Å². The molecule has 23 heavy (non-hydrogen) atoms. The second-order valence-electron chi connectivity index (χ2n) is 5.40. The van der Waals surface area contributed by atoms with Gasteiger partial charge in [0.05, 0.1) is 5.39 Å². The summed E-state index contributed by atoms with van der Waals surface area (Å²) in [6.07, 6.45) is 3.70. The Morgan fingerprint density at radius 3 is 2.78 bits per heavy atom. The fraction of sp³-hybridized carbons (Fsp3) is 0.500. The van der Waals surface area contributed by atoms with E-state index in [1.165, 1.54) is 11.8 Å². The predicted molar refractivity (Wildman–Crippen MR) is 91.1 cm³/mol. The minimum absolute atomic E-state index is 0.0791. The molecular formula is C14H15Cl2FN4OS.